The number of carbonyl (C=O) groups is 1. The lowest BCUT2D eigenvalue weighted by atomic mass is 10.2. The Morgan fingerprint density at radius 2 is 2.10 bits per heavy atom. The SMILES string of the molecule is O=C(NCc1coc(-c2cccs2)n1)C1CCCN1S(=O)(=O)c1ccc(Cl)cc1. The number of rotatable bonds is 6. The van der Waals surface area contributed by atoms with Gasteiger partial charge in [-0.3, -0.25) is 4.79 Å². The van der Waals surface area contributed by atoms with E-state index in [0.29, 0.717) is 36.0 Å². The third-order valence-corrected chi connectivity index (χ3v) is 7.69. The number of aromatic nitrogens is 1. The summed E-state index contributed by atoms with van der Waals surface area (Å²) in [7, 11) is -3.78. The quantitative estimate of drug-likeness (QED) is 0.618. The molecule has 0 aliphatic carbocycles. The highest BCUT2D eigenvalue weighted by atomic mass is 35.5. The fourth-order valence-electron chi connectivity index (χ4n) is 3.23. The maximum absolute atomic E-state index is 12.9. The van der Waals surface area contributed by atoms with Crippen molar-refractivity contribution < 1.29 is 17.6 Å². The summed E-state index contributed by atoms with van der Waals surface area (Å²) in [6.07, 6.45) is 2.58. The minimum Gasteiger partial charge on any atom is -0.443 e. The van der Waals surface area contributed by atoms with Crippen molar-refractivity contribution in [1.29, 1.82) is 0 Å². The normalized spacial score (nSPS) is 17.5. The molecule has 1 fully saturated rings. The summed E-state index contributed by atoms with van der Waals surface area (Å²) in [5, 5.41) is 5.16. The summed E-state index contributed by atoms with van der Waals surface area (Å²) in [6, 6.07) is 9.00. The second-order valence-corrected chi connectivity index (χ2v) is 9.84. The minimum atomic E-state index is -3.78. The van der Waals surface area contributed by atoms with Gasteiger partial charge in [-0.15, -0.1) is 11.3 Å². The van der Waals surface area contributed by atoms with Crippen molar-refractivity contribution in [3.8, 4) is 10.8 Å². The van der Waals surface area contributed by atoms with Crippen molar-refractivity contribution in [3.63, 3.8) is 0 Å². The van der Waals surface area contributed by atoms with Gasteiger partial charge in [0, 0.05) is 11.6 Å². The maximum Gasteiger partial charge on any atom is 0.243 e. The van der Waals surface area contributed by atoms with Crippen molar-refractivity contribution in [2.75, 3.05) is 6.54 Å². The van der Waals surface area contributed by atoms with Gasteiger partial charge in [-0.25, -0.2) is 13.4 Å². The van der Waals surface area contributed by atoms with Gasteiger partial charge in [-0.2, -0.15) is 4.31 Å². The number of thiophene rings is 1. The number of hydrogen-bond donors (Lipinski definition) is 1. The average molecular weight is 452 g/mol. The van der Waals surface area contributed by atoms with E-state index in [1.807, 2.05) is 17.5 Å². The third kappa shape index (κ3) is 4.23. The molecule has 1 amide bonds. The fraction of sp³-hybridized carbons (Fsp3) is 0.263. The van der Waals surface area contributed by atoms with Crippen LogP contribution in [-0.4, -0.2) is 36.2 Å². The topological polar surface area (TPSA) is 92.5 Å². The summed E-state index contributed by atoms with van der Waals surface area (Å²) in [6.45, 7) is 0.467. The standard InChI is InChI=1S/C19H18ClN3O4S2/c20-13-5-7-15(8-6-13)29(25,26)23-9-1-3-16(23)18(24)21-11-14-12-27-19(22-14)17-4-2-10-28-17/h2,4-8,10,12,16H,1,3,9,11H2,(H,21,24). The van der Waals surface area contributed by atoms with Crippen LogP contribution in [0.1, 0.15) is 18.5 Å². The predicted molar refractivity (Wildman–Crippen MR) is 110 cm³/mol. The second kappa shape index (κ2) is 8.27. The lowest BCUT2D eigenvalue weighted by molar-refractivity contribution is -0.124. The number of nitrogens with one attached hydrogen (secondary N) is 1. The van der Waals surface area contributed by atoms with Crippen LogP contribution in [0.5, 0.6) is 0 Å². The number of carbonyl (C=O) groups excluding carboxylic acids is 1. The Kier molecular flexibility index (Phi) is 5.73. The summed E-state index contributed by atoms with van der Waals surface area (Å²) in [4.78, 5) is 18.1. The molecule has 0 spiro atoms. The van der Waals surface area contributed by atoms with Crippen LogP contribution >= 0.6 is 22.9 Å². The van der Waals surface area contributed by atoms with Crippen LogP contribution in [0.2, 0.25) is 5.02 Å². The zero-order valence-corrected chi connectivity index (χ0v) is 17.6. The third-order valence-electron chi connectivity index (χ3n) is 4.65. The first-order valence-electron chi connectivity index (χ1n) is 8.98. The van der Waals surface area contributed by atoms with Gasteiger partial charge in [0.05, 0.1) is 22.0 Å². The average Bonchev–Trinajstić information content (AvgIpc) is 3.47. The lowest BCUT2D eigenvalue weighted by Gasteiger charge is -2.23. The molecule has 0 saturated carbocycles. The van der Waals surface area contributed by atoms with Gasteiger partial charge in [-0.1, -0.05) is 17.7 Å². The van der Waals surface area contributed by atoms with E-state index in [-0.39, 0.29) is 17.3 Å². The molecule has 29 heavy (non-hydrogen) atoms. The van der Waals surface area contributed by atoms with E-state index in [2.05, 4.69) is 10.3 Å². The van der Waals surface area contributed by atoms with Crippen LogP contribution < -0.4 is 5.32 Å². The molecule has 1 aliphatic heterocycles. The molecule has 0 bridgehead atoms. The molecule has 1 saturated heterocycles. The van der Waals surface area contributed by atoms with E-state index in [0.717, 1.165) is 4.88 Å². The monoisotopic (exact) mass is 451 g/mol. The molecule has 10 heteroatoms. The van der Waals surface area contributed by atoms with Crippen LogP contribution in [-0.2, 0) is 21.4 Å². The first-order valence-corrected chi connectivity index (χ1v) is 11.7. The highest BCUT2D eigenvalue weighted by Crippen LogP contribution is 2.27. The maximum atomic E-state index is 12.9. The van der Waals surface area contributed by atoms with Crippen molar-refractivity contribution in [2.24, 2.45) is 0 Å². The highest BCUT2D eigenvalue weighted by Gasteiger charge is 2.39. The second-order valence-electron chi connectivity index (χ2n) is 6.57. The molecule has 1 aromatic carbocycles. The molecule has 4 rings (SSSR count). The van der Waals surface area contributed by atoms with Gasteiger partial charge in [0.15, 0.2) is 0 Å². The molecular formula is C19H18ClN3O4S2. The first kappa shape index (κ1) is 20.1. The van der Waals surface area contributed by atoms with Crippen molar-refractivity contribution in [3.05, 3.63) is 58.8 Å². The van der Waals surface area contributed by atoms with Gasteiger partial charge in [0.2, 0.25) is 21.8 Å². The molecule has 1 atom stereocenters. The zero-order chi connectivity index (χ0) is 20.4. The number of benzene rings is 1. The number of hydrogen-bond acceptors (Lipinski definition) is 6. The summed E-state index contributed by atoms with van der Waals surface area (Å²) < 4.78 is 32.6. The van der Waals surface area contributed by atoms with E-state index < -0.39 is 16.1 Å². The molecule has 0 radical (unpaired) electrons. The summed E-state index contributed by atoms with van der Waals surface area (Å²) in [5.41, 5.74) is 0.576. The van der Waals surface area contributed by atoms with Crippen molar-refractivity contribution >= 4 is 38.9 Å². The Morgan fingerprint density at radius 1 is 1.31 bits per heavy atom. The number of halogens is 1. The molecule has 1 aliphatic rings. The molecule has 1 N–H and O–H groups in total. The largest absolute Gasteiger partial charge is 0.443 e. The van der Waals surface area contributed by atoms with Gasteiger partial charge in [0.1, 0.15) is 12.3 Å². The Hall–Kier alpha value is -2.20. The Labute approximate surface area is 177 Å². The Morgan fingerprint density at radius 3 is 2.83 bits per heavy atom. The first-order chi connectivity index (χ1) is 13.9. The van der Waals surface area contributed by atoms with Gasteiger partial charge in [-0.05, 0) is 48.6 Å². The van der Waals surface area contributed by atoms with Crippen molar-refractivity contribution in [2.45, 2.75) is 30.3 Å². The summed E-state index contributed by atoms with van der Waals surface area (Å²) in [5.74, 6) is 0.151. The fourth-order valence-corrected chi connectivity index (χ4v) is 5.67. The predicted octanol–water partition coefficient (Wildman–Crippen LogP) is 3.53. The number of nitrogens with zero attached hydrogens (tertiary/aromatic N) is 2. The van der Waals surface area contributed by atoms with Gasteiger partial charge < -0.3 is 9.73 Å². The number of amides is 1. The highest BCUT2D eigenvalue weighted by molar-refractivity contribution is 7.89. The van der Waals surface area contributed by atoms with Crippen LogP contribution in [0.25, 0.3) is 10.8 Å². The molecule has 2 aromatic heterocycles. The molecule has 152 valence electrons. The van der Waals surface area contributed by atoms with E-state index >= 15 is 0 Å². The van der Waals surface area contributed by atoms with Crippen LogP contribution in [0.3, 0.4) is 0 Å². The lowest BCUT2D eigenvalue weighted by Crippen LogP contribution is -2.45. The van der Waals surface area contributed by atoms with E-state index in [4.69, 9.17) is 16.0 Å². The van der Waals surface area contributed by atoms with Gasteiger partial charge >= 0.3 is 0 Å². The molecule has 3 aromatic rings. The van der Waals surface area contributed by atoms with E-state index in [9.17, 15) is 13.2 Å². The zero-order valence-electron chi connectivity index (χ0n) is 15.2. The van der Waals surface area contributed by atoms with Crippen molar-refractivity contribution in [1.82, 2.24) is 14.6 Å². The molecule has 3 heterocycles. The summed E-state index contributed by atoms with van der Waals surface area (Å²) >= 11 is 7.36. The van der Waals surface area contributed by atoms with E-state index in [1.54, 1.807) is 0 Å². The van der Waals surface area contributed by atoms with Crippen LogP contribution in [0.4, 0.5) is 0 Å². The minimum absolute atomic E-state index is 0.124. The van der Waals surface area contributed by atoms with Crippen LogP contribution in [0.15, 0.2) is 57.4 Å². The molecular weight excluding hydrogens is 434 g/mol. The Bertz CT molecular complexity index is 1090. The van der Waals surface area contributed by atoms with Gasteiger partial charge in [0.25, 0.3) is 0 Å². The number of sulfonamides is 1. The smallest absolute Gasteiger partial charge is 0.243 e. The van der Waals surface area contributed by atoms with Crippen LogP contribution in [0, 0.1) is 0 Å². The van der Waals surface area contributed by atoms with E-state index in [1.165, 1.54) is 46.2 Å². The molecule has 7 nitrogen and oxygen atoms in total. The number of oxazole rings is 1. The molecule has 1 unspecified atom stereocenters. The Balaban J connectivity index is 1.43.